The van der Waals surface area contributed by atoms with Gasteiger partial charge in [-0.05, 0) is 38.6 Å². The van der Waals surface area contributed by atoms with Crippen LogP contribution < -0.4 is 14.8 Å². The maximum atomic E-state index is 12.0. The molecule has 0 radical (unpaired) electrons. The summed E-state index contributed by atoms with van der Waals surface area (Å²) in [5.74, 6) is 0. The highest BCUT2D eigenvalue weighted by atomic mass is 32.2. The summed E-state index contributed by atoms with van der Waals surface area (Å²) in [6.07, 6.45) is -0.591. The van der Waals surface area contributed by atoms with Crippen molar-refractivity contribution in [3.05, 3.63) is 0 Å². The molecule has 0 spiro atoms. The van der Waals surface area contributed by atoms with Crippen molar-refractivity contribution in [1.82, 2.24) is 14.8 Å². The molecule has 1 aliphatic carbocycles. The van der Waals surface area contributed by atoms with Crippen LogP contribution in [0.15, 0.2) is 0 Å². The minimum atomic E-state index is -4.55. The van der Waals surface area contributed by atoms with Gasteiger partial charge in [0.1, 0.15) is 6.54 Å². The van der Waals surface area contributed by atoms with Gasteiger partial charge in [0.2, 0.25) is 0 Å². The van der Waals surface area contributed by atoms with E-state index in [0.29, 0.717) is 18.9 Å². The van der Waals surface area contributed by atoms with Crippen molar-refractivity contribution in [2.75, 3.05) is 13.1 Å². The van der Waals surface area contributed by atoms with E-state index in [4.69, 9.17) is 0 Å². The molecule has 9 heteroatoms. The van der Waals surface area contributed by atoms with Gasteiger partial charge in [-0.1, -0.05) is 6.92 Å². The van der Waals surface area contributed by atoms with Gasteiger partial charge in [0.25, 0.3) is 10.2 Å². The molecule has 0 atom stereocenters. The second kappa shape index (κ2) is 7.58. The van der Waals surface area contributed by atoms with E-state index in [1.165, 1.54) is 4.72 Å². The van der Waals surface area contributed by atoms with E-state index in [2.05, 4.69) is 17.0 Å². The zero-order chi connectivity index (χ0) is 15.2. The molecular formula is C11H22F3N3O2S. The molecule has 0 heterocycles. The minimum Gasteiger partial charge on any atom is -0.314 e. The average molecular weight is 317 g/mol. The SMILES string of the molecule is CCCNC1CCC(NS(=O)(=O)NCC(F)(F)F)CC1. The van der Waals surface area contributed by atoms with Crippen molar-refractivity contribution in [1.29, 1.82) is 0 Å². The lowest BCUT2D eigenvalue weighted by molar-refractivity contribution is -0.121. The first-order valence-corrected chi connectivity index (χ1v) is 8.27. The van der Waals surface area contributed by atoms with Crippen LogP contribution in [-0.4, -0.2) is 39.8 Å². The second-order valence-corrected chi connectivity index (χ2v) is 6.59. The third-order valence-corrected chi connectivity index (χ3v) is 4.36. The number of alkyl halides is 3. The molecule has 0 amide bonds. The summed E-state index contributed by atoms with van der Waals surface area (Å²) < 4.78 is 62.6. The molecule has 0 aromatic carbocycles. The van der Waals surface area contributed by atoms with Gasteiger partial charge in [0.05, 0.1) is 0 Å². The van der Waals surface area contributed by atoms with Gasteiger partial charge in [0.15, 0.2) is 0 Å². The predicted octanol–water partition coefficient (Wildman–Crippen LogP) is 1.28. The Labute approximate surface area is 117 Å². The molecule has 120 valence electrons. The van der Waals surface area contributed by atoms with Gasteiger partial charge in [-0.3, -0.25) is 0 Å². The quantitative estimate of drug-likeness (QED) is 0.662. The number of hydrogen-bond acceptors (Lipinski definition) is 3. The molecule has 3 N–H and O–H groups in total. The maximum Gasteiger partial charge on any atom is 0.402 e. The Bertz CT molecular complexity index is 379. The van der Waals surface area contributed by atoms with Gasteiger partial charge in [-0.15, -0.1) is 0 Å². The van der Waals surface area contributed by atoms with Crippen LogP contribution in [0.3, 0.4) is 0 Å². The molecule has 1 fully saturated rings. The molecule has 1 rings (SSSR count). The lowest BCUT2D eigenvalue weighted by Gasteiger charge is -2.29. The number of rotatable bonds is 7. The predicted molar refractivity (Wildman–Crippen MR) is 70.5 cm³/mol. The van der Waals surface area contributed by atoms with E-state index in [1.54, 1.807) is 0 Å². The monoisotopic (exact) mass is 317 g/mol. The van der Waals surface area contributed by atoms with E-state index in [-0.39, 0.29) is 6.04 Å². The maximum absolute atomic E-state index is 12.0. The normalized spacial score (nSPS) is 24.8. The van der Waals surface area contributed by atoms with Crippen molar-refractivity contribution in [3.63, 3.8) is 0 Å². The molecule has 5 nitrogen and oxygen atoms in total. The van der Waals surface area contributed by atoms with E-state index in [1.807, 2.05) is 0 Å². The topological polar surface area (TPSA) is 70.2 Å². The van der Waals surface area contributed by atoms with Crippen LogP contribution in [0.4, 0.5) is 13.2 Å². The highest BCUT2D eigenvalue weighted by molar-refractivity contribution is 7.87. The van der Waals surface area contributed by atoms with Crippen LogP contribution in [0.1, 0.15) is 39.0 Å². The average Bonchev–Trinajstić information content (AvgIpc) is 2.35. The Morgan fingerprint density at radius 2 is 1.65 bits per heavy atom. The second-order valence-electron chi connectivity index (χ2n) is 5.06. The van der Waals surface area contributed by atoms with E-state index < -0.39 is 22.9 Å². The van der Waals surface area contributed by atoms with Crippen LogP contribution >= 0.6 is 0 Å². The number of nitrogens with one attached hydrogen (secondary N) is 3. The molecule has 0 aromatic heterocycles. The van der Waals surface area contributed by atoms with E-state index >= 15 is 0 Å². The Morgan fingerprint density at radius 1 is 1.10 bits per heavy atom. The molecule has 0 saturated heterocycles. The fourth-order valence-corrected chi connectivity index (χ4v) is 3.31. The van der Waals surface area contributed by atoms with Crippen LogP contribution in [0.2, 0.25) is 0 Å². The lowest BCUT2D eigenvalue weighted by Crippen LogP contribution is -2.48. The molecule has 1 aliphatic rings. The number of hydrogen-bond donors (Lipinski definition) is 3. The summed E-state index contributed by atoms with van der Waals surface area (Å²) in [5.41, 5.74) is 0. The Hall–Kier alpha value is -0.380. The first-order valence-electron chi connectivity index (χ1n) is 6.79. The zero-order valence-corrected chi connectivity index (χ0v) is 12.3. The highest BCUT2D eigenvalue weighted by Crippen LogP contribution is 2.19. The number of halogens is 3. The molecular weight excluding hydrogens is 295 g/mol. The van der Waals surface area contributed by atoms with Crippen molar-refractivity contribution in [3.8, 4) is 0 Å². The van der Waals surface area contributed by atoms with Gasteiger partial charge in [-0.2, -0.15) is 31.0 Å². The van der Waals surface area contributed by atoms with Crippen LogP contribution in [0, 0.1) is 0 Å². The Kier molecular flexibility index (Phi) is 6.70. The van der Waals surface area contributed by atoms with Crippen molar-refractivity contribution < 1.29 is 21.6 Å². The van der Waals surface area contributed by atoms with Gasteiger partial charge >= 0.3 is 6.18 Å². The summed E-state index contributed by atoms with van der Waals surface area (Å²) in [5, 5.41) is 3.36. The summed E-state index contributed by atoms with van der Waals surface area (Å²) in [6.45, 7) is 1.45. The zero-order valence-electron chi connectivity index (χ0n) is 11.5. The molecule has 20 heavy (non-hydrogen) atoms. The first kappa shape index (κ1) is 17.7. The van der Waals surface area contributed by atoms with Gasteiger partial charge in [0, 0.05) is 12.1 Å². The smallest absolute Gasteiger partial charge is 0.314 e. The summed E-state index contributed by atoms with van der Waals surface area (Å²) in [6, 6.07) is 0.0826. The Balaban J connectivity index is 2.32. The van der Waals surface area contributed by atoms with Crippen LogP contribution in [0.25, 0.3) is 0 Å². The lowest BCUT2D eigenvalue weighted by atomic mass is 9.92. The van der Waals surface area contributed by atoms with Gasteiger partial charge in [-0.25, -0.2) is 0 Å². The first-order chi connectivity index (χ1) is 9.22. The fraction of sp³-hybridized carbons (Fsp3) is 1.00. The van der Waals surface area contributed by atoms with Crippen LogP contribution in [-0.2, 0) is 10.2 Å². The van der Waals surface area contributed by atoms with Crippen molar-refractivity contribution in [2.24, 2.45) is 0 Å². The largest absolute Gasteiger partial charge is 0.402 e. The molecule has 0 aromatic rings. The van der Waals surface area contributed by atoms with Crippen molar-refractivity contribution >= 4 is 10.2 Å². The summed E-state index contributed by atoms with van der Waals surface area (Å²) in [4.78, 5) is 0. The summed E-state index contributed by atoms with van der Waals surface area (Å²) in [7, 11) is -4.09. The molecule has 0 bridgehead atoms. The van der Waals surface area contributed by atoms with Crippen LogP contribution in [0.5, 0.6) is 0 Å². The third kappa shape index (κ3) is 7.41. The third-order valence-electron chi connectivity index (χ3n) is 3.19. The molecule has 0 aliphatic heterocycles. The van der Waals surface area contributed by atoms with E-state index in [0.717, 1.165) is 25.8 Å². The fourth-order valence-electron chi connectivity index (χ4n) is 2.20. The minimum absolute atomic E-state index is 0.291. The Morgan fingerprint density at radius 3 is 2.15 bits per heavy atom. The molecule has 0 unspecified atom stereocenters. The standard InChI is InChI=1S/C11H22F3N3O2S/c1-2-7-15-9-3-5-10(6-4-9)17-20(18,19)16-8-11(12,13)14/h9-10,15-17H,2-8H2,1H3. The van der Waals surface area contributed by atoms with E-state index in [9.17, 15) is 21.6 Å². The van der Waals surface area contributed by atoms with Crippen molar-refractivity contribution in [2.45, 2.75) is 57.3 Å². The summed E-state index contributed by atoms with van der Waals surface area (Å²) >= 11 is 0. The molecule has 1 saturated carbocycles. The van der Waals surface area contributed by atoms with Gasteiger partial charge < -0.3 is 5.32 Å². The highest BCUT2D eigenvalue weighted by Gasteiger charge is 2.31.